The Morgan fingerprint density at radius 1 is 1.18 bits per heavy atom. The van der Waals surface area contributed by atoms with Crippen LogP contribution in [0.2, 0.25) is 0 Å². The quantitative estimate of drug-likeness (QED) is 0.724. The van der Waals surface area contributed by atoms with Crippen molar-refractivity contribution in [3.63, 3.8) is 0 Å². The zero-order chi connectivity index (χ0) is 15.8. The third-order valence-electron chi connectivity index (χ3n) is 3.72. The van der Waals surface area contributed by atoms with Gasteiger partial charge in [-0.25, -0.2) is 9.44 Å². The largest absolute Gasteiger partial charge is 0.379 e. The van der Waals surface area contributed by atoms with Crippen LogP contribution >= 0.6 is 0 Å². The molecule has 0 radical (unpaired) electrons. The molecular formula is C15H25N3O3S. The summed E-state index contributed by atoms with van der Waals surface area (Å²) in [7, 11) is -3.42. The highest BCUT2D eigenvalue weighted by Gasteiger charge is 2.23. The summed E-state index contributed by atoms with van der Waals surface area (Å²) in [5, 5.41) is 0. The number of morpholine rings is 1. The zero-order valence-corrected chi connectivity index (χ0v) is 13.8. The van der Waals surface area contributed by atoms with Crippen LogP contribution in [0.5, 0.6) is 0 Å². The molecule has 2 rings (SSSR count). The van der Waals surface area contributed by atoms with Crippen molar-refractivity contribution in [1.82, 2.24) is 14.3 Å². The first-order valence-corrected chi connectivity index (χ1v) is 9.19. The molecule has 1 fully saturated rings. The summed E-state index contributed by atoms with van der Waals surface area (Å²) in [4.78, 5) is 2.30. The molecule has 0 spiro atoms. The molecule has 1 heterocycles. The zero-order valence-electron chi connectivity index (χ0n) is 13.0. The first-order valence-electron chi connectivity index (χ1n) is 7.70. The van der Waals surface area contributed by atoms with E-state index in [9.17, 15) is 8.42 Å². The van der Waals surface area contributed by atoms with E-state index in [1.807, 2.05) is 18.2 Å². The Kier molecular flexibility index (Phi) is 6.78. The molecule has 1 aliphatic rings. The molecule has 0 bridgehead atoms. The lowest BCUT2D eigenvalue weighted by Gasteiger charge is -2.34. The van der Waals surface area contributed by atoms with Gasteiger partial charge in [0.1, 0.15) is 0 Å². The molecule has 0 aromatic heterocycles. The Morgan fingerprint density at radius 3 is 2.50 bits per heavy atom. The van der Waals surface area contributed by atoms with Crippen LogP contribution in [-0.4, -0.2) is 58.8 Å². The number of rotatable bonds is 8. The average Bonchev–Trinajstić information content (AvgIpc) is 2.53. The van der Waals surface area contributed by atoms with E-state index in [0.29, 0.717) is 26.3 Å². The van der Waals surface area contributed by atoms with Crippen LogP contribution in [0.1, 0.15) is 12.5 Å². The average molecular weight is 327 g/mol. The maximum absolute atomic E-state index is 11.8. The molecule has 0 saturated carbocycles. The molecule has 6 nitrogen and oxygen atoms in total. The number of ether oxygens (including phenoxy) is 1. The minimum atomic E-state index is -3.42. The van der Waals surface area contributed by atoms with Gasteiger partial charge in [0.2, 0.25) is 0 Å². The van der Waals surface area contributed by atoms with Crippen LogP contribution in [0.3, 0.4) is 0 Å². The summed E-state index contributed by atoms with van der Waals surface area (Å²) >= 11 is 0. The van der Waals surface area contributed by atoms with Crippen molar-refractivity contribution < 1.29 is 13.2 Å². The number of nitrogens with zero attached hydrogens (tertiary/aromatic N) is 1. The molecule has 1 unspecified atom stereocenters. The maximum Gasteiger partial charge on any atom is 0.276 e. The Bertz CT molecular complexity index is 530. The predicted octanol–water partition coefficient (Wildman–Crippen LogP) is 0.374. The van der Waals surface area contributed by atoms with Crippen molar-refractivity contribution in [1.29, 1.82) is 0 Å². The Morgan fingerprint density at radius 2 is 1.86 bits per heavy atom. The monoisotopic (exact) mass is 327 g/mol. The fourth-order valence-corrected chi connectivity index (χ4v) is 3.50. The fourth-order valence-electron chi connectivity index (χ4n) is 2.61. The molecular weight excluding hydrogens is 302 g/mol. The van der Waals surface area contributed by atoms with E-state index in [1.54, 1.807) is 6.92 Å². The molecule has 1 aromatic carbocycles. The molecule has 22 heavy (non-hydrogen) atoms. The smallest absolute Gasteiger partial charge is 0.276 e. The maximum atomic E-state index is 11.8. The van der Waals surface area contributed by atoms with Crippen LogP contribution in [0.15, 0.2) is 30.3 Å². The van der Waals surface area contributed by atoms with Crippen LogP contribution in [0, 0.1) is 0 Å². The topological polar surface area (TPSA) is 70.7 Å². The first kappa shape index (κ1) is 17.4. The van der Waals surface area contributed by atoms with E-state index >= 15 is 0 Å². The molecule has 0 aliphatic carbocycles. The van der Waals surface area contributed by atoms with Crippen molar-refractivity contribution in [3.8, 4) is 0 Å². The molecule has 0 amide bonds. The lowest BCUT2D eigenvalue weighted by Crippen LogP contribution is -2.51. The highest BCUT2D eigenvalue weighted by Crippen LogP contribution is 2.11. The van der Waals surface area contributed by atoms with Gasteiger partial charge in [0.05, 0.1) is 13.2 Å². The number of nitrogens with one attached hydrogen (secondary N) is 2. The van der Waals surface area contributed by atoms with Crippen molar-refractivity contribution in [2.24, 2.45) is 0 Å². The summed E-state index contributed by atoms with van der Waals surface area (Å²) < 4.78 is 34.1. The Balaban J connectivity index is 2.01. The van der Waals surface area contributed by atoms with Crippen molar-refractivity contribution in [2.75, 3.05) is 39.4 Å². The number of benzene rings is 1. The molecule has 7 heteroatoms. The van der Waals surface area contributed by atoms with Crippen LogP contribution in [-0.2, 0) is 21.4 Å². The second-order valence-electron chi connectivity index (χ2n) is 5.34. The summed E-state index contributed by atoms with van der Waals surface area (Å²) in [6, 6.07) is 10.3. The van der Waals surface area contributed by atoms with Gasteiger partial charge in [-0.15, -0.1) is 0 Å². The standard InChI is InChI=1S/C15H25N3O3S/c1-2-16-22(19,20)17-13-15(18-8-10-21-11-9-18)12-14-6-4-3-5-7-14/h3-7,15-17H,2,8-13H2,1H3. The number of hydrogen-bond donors (Lipinski definition) is 2. The molecule has 1 atom stereocenters. The van der Waals surface area contributed by atoms with Crippen molar-refractivity contribution in [2.45, 2.75) is 19.4 Å². The van der Waals surface area contributed by atoms with E-state index in [1.165, 1.54) is 5.56 Å². The Hall–Kier alpha value is -0.990. The lowest BCUT2D eigenvalue weighted by atomic mass is 10.0. The van der Waals surface area contributed by atoms with E-state index in [-0.39, 0.29) is 6.04 Å². The molecule has 124 valence electrons. The van der Waals surface area contributed by atoms with E-state index in [0.717, 1.165) is 19.5 Å². The van der Waals surface area contributed by atoms with Gasteiger partial charge < -0.3 is 4.74 Å². The van der Waals surface area contributed by atoms with Crippen LogP contribution in [0.4, 0.5) is 0 Å². The SMILES string of the molecule is CCNS(=O)(=O)NCC(Cc1ccccc1)N1CCOCC1. The highest BCUT2D eigenvalue weighted by atomic mass is 32.2. The van der Waals surface area contributed by atoms with Gasteiger partial charge in [0.15, 0.2) is 0 Å². The minimum absolute atomic E-state index is 0.125. The number of hydrogen-bond acceptors (Lipinski definition) is 4. The molecule has 2 N–H and O–H groups in total. The van der Waals surface area contributed by atoms with Gasteiger partial charge in [-0.2, -0.15) is 8.42 Å². The molecule has 1 aliphatic heterocycles. The van der Waals surface area contributed by atoms with Gasteiger partial charge in [-0.1, -0.05) is 37.3 Å². The van der Waals surface area contributed by atoms with E-state index in [2.05, 4.69) is 26.5 Å². The Labute approximate surface area is 133 Å². The fraction of sp³-hybridized carbons (Fsp3) is 0.600. The molecule has 1 aromatic rings. The summed E-state index contributed by atoms with van der Waals surface area (Å²) in [6.45, 7) is 5.61. The minimum Gasteiger partial charge on any atom is -0.379 e. The third-order valence-corrected chi connectivity index (χ3v) is 4.93. The highest BCUT2D eigenvalue weighted by molar-refractivity contribution is 7.87. The summed E-state index contributed by atoms with van der Waals surface area (Å²) in [6.07, 6.45) is 0.815. The summed E-state index contributed by atoms with van der Waals surface area (Å²) in [5.74, 6) is 0. The van der Waals surface area contributed by atoms with Gasteiger partial charge >= 0.3 is 0 Å². The van der Waals surface area contributed by atoms with Crippen molar-refractivity contribution in [3.05, 3.63) is 35.9 Å². The van der Waals surface area contributed by atoms with Crippen LogP contribution < -0.4 is 9.44 Å². The van der Waals surface area contributed by atoms with Gasteiger partial charge in [-0.05, 0) is 12.0 Å². The normalized spacial score (nSPS) is 18.2. The van der Waals surface area contributed by atoms with E-state index in [4.69, 9.17) is 4.74 Å². The second kappa shape index (κ2) is 8.59. The predicted molar refractivity (Wildman–Crippen MR) is 86.9 cm³/mol. The van der Waals surface area contributed by atoms with E-state index < -0.39 is 10.2 Å². The first-order chi connectivity index (χ1) is 10.6. The van der Waals surface area contributed by atoms with Crippen molar-refractivity contribution >= 4 is 10.2 Å². The van der Waals surface area contributed by atoms with Gasteiger partial charge in [0, 0.05) is 32.2 Å². The van der Waals surface area contributed by atoms with Crippen LogP contribution in [0.25, 0.3) is 0 Å². The summed E-state index contributed by atoms with van der Waals surface area (Å²) in [5.41, 5.74) is 1.21. The van der Waals surface area contributed by atoms with Gasteiger partial charge in [0.25, 0.3) is 10.2 Å². The molecule has 1 saturated heterocycles. The third kappa shape index (κ3) is 5.66. The lowest BCUT2D eigenvalue weighted by molar-refractivity contribution is 0.0177. The van der Waals surface area contributed by atoms with Gasteiger partial charge in [-0.3, -0.25) is 4.90 Å². The second-order valence-corrected chi connectivity index (χ2v) is 6.93.